The van der Waals surface area contributed by atoms with Crippen molar-refractivity contribution < 1.29 is 4.74 Å². The van der Waals surface area contributed by atoms with Crippen molar-refractivity contribution in [3.8, 4) is 0 Å². The second-order valence-corrected chi connectivity index (χ2v) is 4.98. The van der Waals surface area contributed by atoms with Gasteiger partial charge in [0.2, 0.25) is 0 Å². The Morgan fingerprint density at radius 1 is 1.47 bits per heavy atom. The van der Waals surface area contributed by atoms with E-state index in [1.807, 2.05) is 0 Å². The molecule has 1 N–H and O–H groups in total. The molecule has 3 nitrogen and oxygen atoms in total. The third-order valence-electron chi connectivity index (χ3n) is 3.02. The van der Waals surface area contributed by atoms with Gasteiger partial charge in [0, 0.05) is 19.2 Å². The third kappa shape index (κ3) is 6.13. The first kappa shape index (κ1) is 12.9. The highest BCUT2D eigenvalue weighted by Crippen LogP contribution is 2.12. The fourth-order valence-corrected chi connectivity index (χ4v) is 1.89. The monoisotopic (exact) mass is 214 g/mol. The highest BCUT2D eigenvalue weighted by atomic mass is 16.5. The highest BCUT2D eigenvalue weighted by molar-refractivity contribution is 4.69. The van der Waals surface area contributed by atoms with Gasteiger partial charge in [0.15, 0.2) is 0 Å². The summed E-state index contributed by atoms with van der Waals surface area (Å²) in [6.45, 7) is 6.47. The molecular weight excluding hydrogens is 188 g/mol. The fraction of sp³-hybridized carbons (Fsp3) is 1.00. The lowest BCUT2D eigenvalue weighted by Crippen LogP contribution is -2.36. The summed E-state index contributed by atoms with van der Waals surface area (Å²) in [6.07, 6.45) is 3.78. The van der Waals surface area contributed by atoms with Crippen molar-refractivity contribution in [3.63, 3.8) is 0 Å². The Hall–Kier alpha value is -0.120. The number of hydrogen-bond donors (Lipinski definition) is 1. The van der Waals surface area contributed by atoms with Crippen molar-refractivity contribution in [3.05, 3.63) is 0 Å². The molecule has 0 spiro atoms. The van der Waals surface area contributed by atoms with Gasteiger partial charge in [-0.25, -0.2) is 0 Å². The quantitative estimate of drug-likeness (QED) is 0.722. The zero-order valence-corrected chi connectivity index (χ0v) is 10.5. The standard InChI is InChI=1S/C12H26N2O/c1-11(6-7-14(2)3)13-9-12-5-4-8-15-10-12/h11-13H,4-10H2,1-3H3. The molecule has 1 aliphatic rings. The minimum Gasteiger partial charge on any atom is -0.381 e. The van der Waals surface area contributed by atoms with Crippen LogP contribution in [0.25, 0.3) is 0 Å². The van der Waals surface area contributed by atoms with E-state index in [1.54, 1.807) is 0 Å². The van der Waals surface area contributed by atoms with Gasteiger partial charge in [0.05, 0.1) is 6.61 Å². The molecule has 0 aromatic rings. The Kier molecular flexibility index (Phi) is 6.22. The SMILES string of the molecule is CC(CCN(C)C)NCC1CCCOC1. The molecule has 0 radical (unpaired) electrons. The van der Waals surface area contributed by atoms with E-state index in [0.717, 1.165) is 32.2 Å². The van der Waals surface area contributed by atoms with Gasteiger partial charge >= 0.3 is 0 Å². The summed E-state index contributed by atoms with van der Waals surface area (Å²) in [5, 5.41) is 3.60. The molecule has 1 rings (SSSR count). The normalized spacial score (nSPS) is 24.4. The molecular formula is C12H26N2O. The van der Waals surface area contributed by atoms with E-state index in [0.29, 0.717) is 6.04 Å². The maximum Gasteiger partial charge on any atom is 0.0506 e. The summed E-state index contributed by atoms with van der Waals surface area (Å²) >= 11 is 0. The molecule has 0 saturated carbocycles. The van der Waals surface area contributed by atoms with Crippen LogP contribution in [0.5, 0.6) is 0 Å². The Bertz CT molecular complexity index is 156. The van der Waals surface area contributed by atoms with Gasteiger partial charge in [-0.1, -0.05) is 0 Å². The summed E-state index contributed by atoms with van der Waals surface area (Å²) < 4.78 is 5.46. The predicted octanol–water partition coefficient (Wildman–Crippen LogP) is 1.34. The molecule has 90 valence electrons. The fourth-order valence-electron chi connectivity index (χ4n) is 1.89. The zero-order valence-electron chi connectivity index (χ0n) is 10.5. The number of nitrogens with zero attached hydrogens (tertiary/aromatic N) is 1. The van der Waals surface area contributed by atoms with Crippen molar-refractivity contribution >= 4 is 0 Å². The average molecular weight is 214 g/mol. The maximum atomic E-state index is 5.46. The Labute approximate surface area is 94.2 Å². The van der Waals surface area contributed by atoms with Crippen molar-refractivity contribution in [2.24, 2.45) is 5.92 Å². The highest BCUT2D eigenvalue weighted by Gasteiger charge is 2.14. The third-order valence-corrected chi connectivity index (χ3v) is 3.02. The van der Waals surface area contributed by atoms with Crippen molar-refractivity contribution in [2.45, 2.75) is 32.2 Å². The number of ether oxygens (including phenoxy) is 1. The first-order valence-electron chi connectivity index (χ1n) is 6.14. The summed E-state index contributed by atoms with van der Waals surface area (Å²) in [7, 11) is 4.25. The summed E-state index contributed by atoms with van der Waals surface area (Å²) in [6, 6.07) is 0.620. The number of rotatable bonds is 6. The predicted molar refractivity (Wildman–Crippen MR) is 64.2 cm³/mol. The first-order chi connectivity index (χ1) is 7.18. The number of nitrogens with one attached hydrogen (secondary N) is 1. The molecule has 15 heavy (non-hydrogen) atoms. The van der Waals surface area contributed by atoms with Crippen LogP contribution >= 0.6 is 0 Å². The van der Waals surface area contributed by atoms with E-state index < -0.39 is 0 Å². The second kappa shape index (κ2) is 7.20. The van der Waals surface area contributed by atoms with E-state index in [9.17, 15) is 0 Å². The van der Waals surface area contributed by atoms with Gasteiger partial charge in [0.1, 0.15) is 0 Å². The molecule has 1 aliphatic heterocycles. The van der Waals surface area contributed by atoms with Gasteiger partial charge in [-0.2, -0.15) is 0 Å². The minimum atomic E-state index is 0.620. The summed E-state index contributed by atoms with van der Waals surface area (Å²) in [5.41, 5.74) is 0. The van der Waals surface area contributed by atoms with Crippen LogP contribution in [0.4, 0.5) is 0 Å². The molecule has 1 heterocycles. The summed E-state index contributed by atoms with van der Waals surface area (Å²) in [5.74, 6) is 0.737. The molecule has 2 unspecified atom stereocenters. The zero-order chi connectivity index (χ0) is 11.1. The van der Waals surface area contributed by atoms with Gasteiger partial charge in [-0.05, 0) is 52.7 Å². The van der Waals surface area contributed by atoms with E-state index in [1.165, 1.54) is 19.3 Å². The molecule has 0 bridgehead atoms. The Morgan fingerprint density at radius 2 is 2.27 bits per heavy atom. The van der Waals surface area contributed by atoms with Crippen molar-refractivity contribution in [1.82, 2.24) is 10.2 Å². The first-order valence-corrected chi connectivity index (χ1v) is 6.14. The molecule has 1 fully saturated rings. The van der Waals surface area contributed by atoms with Crippen LogP contribution in [0.15, 0.2) is 0 Å². The van der Waals surface area contributed by atoms with E-state index in [4.69, 9.17) is 4.74 Å². The maximum absolute atomic E-state index is 5.46. The van der Waals surface area contributed by atoms with Crippen molar-refractivity contribution in [2.75, 3.05) is 40.4 Å². The van der Waals surface area contributed by atoms with Crippen LogP contribution in [0, 0.1) is 5.92 Å². The topological polar surface area (TPSA) is 24.5 Å². The van der Waals surface area contributed by atoms with Crippen LogP contribution < -0.4 is 5.32 Å². The lowest BCUT2D eigenvalue weighted by atomic mass is 10.0. The van der Waals surface area contributed by atoms with E-state index >= 15 is 0 Å². The Morgan fingerprint density at radius 3 is 2.87 bits per heavy atom. The van der Waals surface area contributed by atoms with Crippen LogP contribution in [-0.2, 0) is 4.74 Å². The van der Waals surface area contributed by atoms with Crippen LogP contribution in [0.2, 0.25) is 0 Å². The molecule has 0 aromatic carbocycles. The Balaban J connectivity index is 2.02. The van der Waals surface area contributed by atoms with E-state index in [-0.39, 0.29) is 0 Å². The lowest BCUT2D eigenvalue weighted by molar-refractivity contribution is 0.0538. The lowest BCUT2D eigenvalue weighted by Gasteiger charge is -2.24. The molecule has 0 aromatic heterocycles. The van der Waals surface area contributed by atoms with E-state index in [2.05, 4.69) is 31.2 Å². The largest absolute Gasteiger partial charge is 0.381 e. The molecule has 0 aliphatic carbocycles. The van der Waals surface area contributed by atoms with Gasteiger partial charge in [-0.15, -0.1) is 0 Å². The van der Waals surface area contributed by atoms with Crippen LogP contribution in [0.3, 0.4) is 0 Å². The molecule has 3 heteroatoms. The average Bonchev–Trinajstić information content (AvgIpc) is 2.25. The number of hydrogen-bond acceptors (Lipinski definition) is 3. The van der Waals surface area contributed by atoms with Gasteiger partial charge in [-0.3, -0.25) is 0 Å². The van der Waals surface area contributed by atoms with Crippen LogP contribution in [0.1, 0.15) is 26.2 Å². The second-order valence-electron chi connectivity index (χ2n) is 4.98. The van der Waals surface area contributed by atoms with Crippen LogP contribution in [-0.4, -0.2) is 51.3 Å². The van der Waals surface area contributed by atoms with Gasteiger partial charge < -0.3 is 15.0 Å². The van der Waals surface area contributed by atoms with Gasteiger partial charge in [0.25, 0.3) is 0 Å². The van der Waals surface area contributed by atoms with Crippen molar-refractivity contribution in [1.29, 1.82) is 0 Å². The molecule has 1 saturated heterocycles. The molecule has 0 amide bonds. The smallest absolute Gasteiger partial charge is 0.0506 e. The summed E-state index contributed by atoms with van der Waals surface area (Å²) in [4.78, 5) is 2.24. The molecule has 2 atom stereocenters. The minimum absolute atomic E-state index is 0.620.